The lowest BCUT2D eigenvalue weighted by Crippen LogP contribution is -2.16. The van der Waals surface area contributed by atoms with Gasteiger partial charge in [0.1, 0.15) is 5.84 Å². The van der Waals surface area contributed by atoms with Crippen LogP contribution in [0, 0.1) is 5.41 Å². The first-order valence-electron chi connectivity index (χ1n) is 5.25. The molecule has 2 aromatic heterocycles. The van der Waals surface area contributed by atoms with Crippen LogP contribution in [0.4, 0.5) is 0 Å². The number of H-pyrrole nitrogens is 1. The number of hydrogen-bond acceptors (Lipinski definition) is 5. The van der Waals surface area contributed by atoms with E-state index in [1.807, 2.05) is 6.92 Å². The fraction of sp³-hybridized carbons (Fsp3) is 0.200. The molecule has 8 heteroatoms. The molecule has 0 aliphatic rings. The molecule has 0 aliphatic carbocycles. The molecular formula is C10H12N6OS. The summed E-state index contributed by atoms with van der Waals surface area (Å²) < 4.78 is 1.50. The average molecular weight is 264 g/mol. The minimum absolute atomic E-state index is 0.0409. The monoisotopic (exact) mass is 264 g/mol. The highest BCUT2D eigenvalue weighted by atomic mass is 32.2. The zero-order chi connectivity index (χ0) is 13.1. The smallest absolute Gasteiger partial charge is 0.343 e. The van der Waals surface area contributed by atoms with E-state index in [2.05, 4.69) is 15.2 Å². The van der Waals surface area contributed by atoms with E-state index in [4.69, 9.17) is 11.1 Å². The van der Waals surface area contributed by atoms with Gasteiger partial charge in [-0.05, 0) is 24.8 Å². The third kappa shape index (κ3) is 2.28. The number of nitrogen functional groups attached to an aromatic ring is 1. The van der Waals surface area contributed by atoms with Crippen molar-refractivity contribution in [2.24, 2.45) is 5.73 Å². The Bertz CT molecular complexity index is 631. The number of pyridine rings is 1. The summed E-state index contributed by atoms with van der Waals surface area (Å²) in [5.41, 5.74) is 5.81. The summed E-state index contributed by atoms with van der Waals surface area (Å²) in [6.07, 6.45) is 3.17. The molecule has 2 heterocycles. The quantitative estimate of drug-likeness (QED) is 0.547. The zero-order valence-corrected chi connectivity index (χ0v) is 10.5. The third-order valence-electron chi connectivity index (χ3n) is 2.32. The van der Waals surface area contributed by atoms with Gasteiger partial charge in [-0.3, -0.25) is 15.0 Å². The van der Waals surface area contributed by atoms with Gasteiger partial charge in [0.25, 0.3) is 0 Å². The van der Waals surface area contributed by atoms with E-state index in [9.17, 15) is 4.79 Å². The van der Waals surface area contributed by atoms with Crippen LogP contribution in [-0.2, 0) is 6.54 Å². The van der Waals surface area contributed by atoms with Crippen molar-refractivity contribution >= 4 is 17.6 Å². The van der Waals surface area contributed by atoms with Gasteiger partial charge in [-0.2, -0.15) is 0 Å². The second-order valence-electron chi connectivity index (χ2n) is 3.44. The predicted molar refractivity (Wildman–Crippen MR) is 67.9 cm³/mol. The average Bonchev–Trinajstić information content (AvgIpc) is 2.70. The Labute approximate surface area is 107 Å². The molecule has 0 saturated carbocycles. The molecule has 0 bridgehead atoms. The molecule has 0 saturated heterocycles. The Kier molecular flexibility index (Phi) is 3.47. The molecule has 0 radical (unpaired) electrons. The van der Waals surface area contributed by atoms with Gasteiger partial charge in [0.2, 0.25) is 0 Å². The molecule has 2 rings (SSSR count). The van der Waals surface area contributed by atoms with E-state index in [-0.39, 0.29) is 11.5 Å². The van der Waals surface area contributed by atoms with E-state index in [0.29, 0.717) is 22.2 Å². The van der Waals surface area contributed by atoms with Crippen molar-refractivity contribution in [3.05, 3.63) is 34.5 Å². The van der Waals surface area contributed by atoms with Crippen molar-refractivity contribution in [1.29, 1.82) is 5.41 Å². The lowest BCUT2D eigenvalue weighted by Gasteiger charge is -2.06. The second-order valence-corrected chi connectivity index (χ2v) is 4.45. The van der Waals surface area contributed by atoms with Crippen LogP contribution in [0.15, 0.2) is 33.3 Å². The Morgan fingerprint density at radius 2 is 2.44 bits per heavy atom. The third-order valence-corrected chi connectivity index (χ3v) is 3.35. The van der Waals surface area contributed by atoms with Gasteiger partial charge in [-0.15, -0.1) is 5.10 Å². The molecule has 0 atom stereocenters. The highest BCUT2D eigenvalue weighted by Crippen LogP contribution is 2.27. The summed E-state index contributed by atoms with van der Waals surface area (Å²) in [7, 11) is 0. The zero-order valence-electron chi connectivity index (χ0n) is 9.67. The summed E-state index contributed by atoms with van der Waals surface area (Å²) in [5.74, 6) is -0.0409. The maximum atomic E-state index is 11.4. The van der Waals surface area contributed by atoms with Gasteiger partial charge in [0.05, 0.1) is 0 Å². The number of nitrogens with two attached hydrogens (primary N) is 1. The number of nitrogens with zero attached hydrogens (tertiary/aromatic N) is 3. The molecule has 2 aromatic rings. The van der Waals surface area contributed by atoms with Crippen molar-refractivity contribution < 1.29 is 0 Å². The number of aromatic amines is 1. The molecule has 0 fully saturated rings. The summed E-state index contributed by atoms with van der Waals surface area (Å²) in [6, 6.07) is 1.66. The lowest BCUT2D eigenvalue weighted by molar-refractivity contribution is 0.660. The number of amidine groups is 1. The summed E-state index contributed by atoms with van der Waals surface area (Å²) in [5, 5.41) is 14.3. The minimum atomic E-state index is -0.256. The largest absolute Gasteiger partial charge is 0.384 e. The van der Waals surface area contributed by atoms with Crippen LogP contribution in [0.25, 0.3) is 0 Å². The fourth-order valence-electron chi connectivity index (χ4n) is 1.44. The van der Waals surface area contributed by atoms with Gasteiger partial charge in [0.15, 0.2) is 5.16 Å². The fourth-order valence-corrected chi connectivity index (χ4v) is 2.45. The number of nitrogens with one attached hydrogen (secondary N) is 2. The van der Waals surface area contributed by atoms with E-state index >= 15 is 0 Å². The number of hydrogen-bond donors (Lipinski definition) is 3. The van der Waals surface area contributed by atoms with Crippen LogP contribution in [0.2, 0.25) is 0 Å². The van der Waals surface area contributed by atoms with Crippen molar-refractivity contribution in [1.82, 2.24) is 19.7 Å². The van der Waals surface area contributed by atoms with E-state index in [0.717, 1.165) is 0 Å². The molecule has 0 aliphatic heterocycles. The Balaban J connectivity index is 2.40. The van der Waals surface area contributed by atoms with Gasteiger partial charge in [-0.1, -0.05) is 0 Å². The summed E-state index contributed by atoms with van der Waals surface area (Å²) >= 11 is 1.25. The van der Waals surface area contributed by atoms with Crippen LogP contribution in [0.5, 0.6) is 0 Å². The second kappa shape index (κ2) is 5.05. The van der Waals surface area contributed by atoms with E-state index in [1.165, 1.54) is 16.3 Å². The van der Waals surface area contributed by atoms with Crippen molar-refractivity contribution in [2.75, 3.05) is 0 Å². The first kappa shape index (κ1) is 12.4. The van der Waals surface area contributed by atoms with Crippen molar-refractivity contribution in [3.63, 3.8) is 0 Å². The first-order valence-corrected chi connectivity index (χ1v) is 6.06. The van der Waals surface area contributed by atoms with Crippen LogP contribution in [0.1, 0.15) is 12.5 Å². The number of rotatable bonds is 4. The summed E-state index contributed by atoms with van der Waals surface area (Å²) in [4.78, 5) is 16.1. The van der Waals surface area contributed by atoms with Gasteiger partial charge >= 0.3 is 5.69 Å². The molecule has 7 nitrogen and oxygen atoms in total. The Hall–Kier alpha value is -2.09. The molecule has 0 amide bonds. The molecule has 94 valence electrons. The van der Waals surface area contributed by atoms with Gasteiger partial charge < -0.3 is 5.73 Å². The molecule has 0 unspecified atom stereocenters. The molecule has 4 N–H and O–H groups in total. The molecule has 0 aromatic carbocycles. The maximum Gasteiger partial charge on any atom is 0.343 e. The van der Waals surface area contributed by atoms with Crippen LogP contribution >= 0.6 is 11.8 Å². The van der Waals surface area contributed by atoms with Gasteiger partial charge in [-0.25, -0.2) is 9.89 Å². The molecule has 0 spiro atoms. The topological polar surface area (TPSA) is 113 Å². The molecule has 18 heavy (non-hydrogen) atoms. The minimum Gasteiger partial charge on any atom is -0.384 e. The maximum absolute atomic E-state index is 11.4. The normalized spacial score (nSPS) is 10.5. The van der Waals surface area contributed by atoms with Gasteiger partial charge in [0, 0.05) is 29.4 Å². The first-order chi connectivity index (χ1) is 8.63. The van der Waals surface area contributed by atoms with Crippen LogP contribution in [0.3, 0.4) is 0 Å². The van der Waals surface area contributed by atoms with Crippen molar-refractivity contribution in [3.8, 4) is 0 Å². The van der Waals surface area contributed by atoms with E-state index < -0.39 is 0 Å². The Morgan fingerprint density at radius 3 is 3.11 bits per heavy atom. The predicted octanol–water partition coefficient (Wildman–Crippen LogP) is 0.422. The molecular weight excluding hydrogens is 252 g/mol. The SMILES string of the molecule is CCn1c(Sc2cnccc2C(=N)N)n[nH]c1=O. The Morgan fingerprint density at radius 1 is 1.67 bits per heavy atom. The summed E-state index contributed by atoms with van der Waals surface area (Å²) in [6.45, 7) is 2.38. The van der Waals surface area contributed by atoms with Crippen LogP contribution in [-0.4, -0.2) is 25.6 Å². The standard InChI is InChI=1S/C10H12N6OS/c1-2-16-9(17)14-15-10(16)18-7-5-13-4-3-6(7)8(11)12/h3-5H,2H2,1H3,(H3,11,12)(H,14,17). The van der Waals surface area contributed by atoms with Crippen LogP contribution < -0.4 is 11.4 Å². The highest BCUT2D eigenvalue weighted by Gasteiger charge is 2.12. The highest BCUT2D eigenvalue weighted by molar-refractivity contribution is 7.99. The number of aromatic nitrogens is 4. The lowest BCUT2D eigenvalue weighted by atomic mass is 10.2. The van der Waals surface area contributed by atoms with Crippen molar-refractivity contribution in [2.45, 2.75) is 23.5 Å². The van der Waals surface area contributed by atoms with E-state index in [1.54, 1.807) is 18.5 Å².